The van der Waals surface area contributed by atoms with Crippen LogP contribution in [0.3, 0.4) is 0 Å². The topological polar surface area (TPSA) is 210 Å². The van der Waals surface area contributed by atoms with Crippen LogP contribution in [-0.4, -0.2) is 86.4 Å². The molecule has 0 unspecified atom stereocenters. The molecule has 0 aliphatic heterocycles. The van der Waals surface area contributed by atoms with Crippen molar-refractivity contribution in [3.63, 3.8) is 0 Å². The summed E-state index contributed by atoms with van der Waals surface area (Å²) in [6.45, 7) is -1.56. The maximum absolute atomic E-state index is 9.12. The van der Waals surface area contributed by atoms with Crippen molar-refractivity contribution >= 4 is 36.4 Å². The molecule has 0 saturated carbocycles. The molecule has 9 nitrogen and oxygen atoms in total. The van der Waals surface area contributed by atoms with Gasteiger partial charge in [0.15, 0.2) is 0 Å². The van der Waals surface area contributed by atoms with Crippen LogP contribution in [0.5, 0.6) is 0 Å². The fourth-order valence-corrected chi connectivity index (χ4v) is 0. The second kappa shape index (κ2) is 29.4. The SMILES string of the molecule is O.O.O.O=C(O)CO.O=C(O)CO.[Sb]. The van der Waals surface area contributed by atoms with E-state index in [9.17, 15) is 0 Å². The molecule has 0 aromatic rings. The molecule has 0 bridgehead atoms. The van der Waals surface area contributed by atoms with Crippen molar-refractivity contribution in [3.05, 3.63) is 0 Å². The Morgan fingerprint density at radius 3 is 0.857 bits per heavy atom. The van der Waals surface area contributed by atoms with Gasteiger partial charge in [0.2, 0.25) is 0 Å². The van der Waals surface area contributed by atoms with E-state index in [1.165, 1.54) is 0 Å². The van der Waals surface area contributed by atoms with Crippen LogP contribution in [0.2, 0.25) is 0 Å². The Balaban J connectivity index is -0.0000000178. The Labute approximate surface area is 96.4 Å². The smallest absolute Gasteiger partial charge is 0.329 e. The molecule has 0 aliphatic rings. The number of carboxylic acids is 2. The minimum Gasteiger partial charge on any atom is -0.480 e. The standard InChI is InChI=1S/2C2H4O3.3H2O.Sb/c2*3-1-2(4)5;;;;/h2*3H,1H2,(H,4,5);3*1H2;. The molecule has 0 fully saturated rings. The first-order chi connectivity index (χ1) is 4.54. The summed E-state index contributed by atoms with van der Waals surface area (Å²) in [6, 6.07) is 0. The zero-order chi connectivity index (χ0) is 8.57. The molecule has 0 atom stereocenters. The van der Waals surface area contributed by atoms with Gasteiger partial charge in [-0.05, 0) is 0 Å². The van der Waals surface area contributed by atoms with Crippen LogP contribution >= 0.6 is 0 Å². The van der Waals surface area contributed by atoms with Gasteiger partial charge in [-0.1, -0.05) is 0 Å². The molecular formula is C4H14O9Sb. The Morgan fingerprint density at radius 2 is 0.857 bits per heavy atom. The maximum Gasteiger partial charge on any atom is 0.329 e. The van der Waals surface area contributed by atoms with Crippen molar-refractivity contribution in [2.75, 3.05) is 13.2 Å². The molecular weight excluding hydrogens is 314 g/mol. The van der Waals surface area contributed by atoms with Crippen LogP contribution in [-0.2, 0) is 9.59 Å². The van der Waals surface area contributed by atoms with E-state index < -0.39 is 25.2 Å². The van der Waals surface area contributed by atoms with Gasteiger partial charge in [0.05, 0.1) is 0 Å². The van der Waals surface area contributed by atoms with Crippen molar-refractivity contribution in [1.29, 1.82) is 0 Å². The number of aliphatic hydroxyl groups excluding tert-OH is 2. The molecule has 0 spiro atoms. The van der Waals surface area contributed by atoms with Gasteiger partial charge < -0.3 is 36.9 Å². The predicted molar refractivity (Wildman–Crippen MR) is 46.0 cm³/mol. The number of aliphatic carboxylic acids is 2. The number of rotatable bonds is 2. The Morgan fingerprint density at radius 1 is 0.786 bits per heavy atom. The van der Waals surface area contributed by atoms with E-state index in [0.29, 0.717) is 0 Å². The average molecular weight is 328 g/mol. The molecule has 0 amide bonds. The van der Waals surface area contributed by atoms with E-state index in [0.717, 1.165) is 0 Å². The second-order valence-electron chi connectivity index (χ2n) is 1.10. The molecule has 0 aromatic carbocycles. The summed E-state index contributed by atoms with van der Waals surface area (Å²) in [6.07, 6.45) is 0. The summed E-state index contributed by atoms with van der Waals surface area (Å²) in [5.74, 6) is -2.38. The first-order valence-corrected chi connectivity index (χ1v) is 2.20. The molecule has 0 saturated heterocycles. The summed E-state index contributed by atoms with van der Waals surface area (Å²) < 4.78 is 0. The molecule has 0 rings (SSSR count). The fraction of sp³-hybridized carbons (Fsp3) is 0.500. The van der Waals surface area contributed by atoms with Crippen LogP contribution in [0, 0.1) is 0 Å². The largest absolute Gasteiger partial charge is 0.480 e. The first kappa shape index (κ1) is 37.4. The Bertz CT molecular complexity index is 101. The average Bonchev–Trinajstić information content (AvgIpc) is 1.89. The molecule has 0 aliphatic carbocycles. The molecule has 14 heavy (non-hydrogen) atoms. The molecule has 0 heterocycles. The number of carboxylic acid groups (broad SMARTS) is 2. The van der Waals surface area contributed by atoms with Crippen LogP contribution in [0.1, 0.15) is 0 Å². The van der Waals surface area contributed by atoms with E-state index in [1.807, 2.05) is 0 Å². The number of carbonyl (C=O) groups is 2. The normalized spacial score (nSPS) is 5.29. The van der Waals surface area contributed by atoms with Crippen molar-refractivity contribution < 1.29 is 46.4 Å². The van der Waals surface area contributed by atoms with Crippen LogP contribution < -0.4 is 0 Å². The monoisotopic (exact) mass is 327 g/mol. The van der Waals surface area contributed by atoms with Crippen molar-refractivity contribution in [3.8, 4) is 0 Å². The van der Waals surface area contributed by atoms with Crippen LogP contribution in [0.25, 0.3) is 0 Å². The van der Waals surface area contributed by atoms with Crippen LogP contribution in [0.4, 0.5) is 0 Å². The molecule has 10 heteroatoms. The third-order valence-electron chi connectivity index (χ3n) is 0.271. The minimum absolute atomic E-state index is 0. The van der Waals surface area contributed by atoms with Gasteiger partial charge in [-0.2, -0.15) is 0 Å². The summed E-state index contributed by atoms with van der Waals surface area (Å²) >= 11 is 0. The molecule has 89 valence electrons. The van der Waals surface area contributed by atoms with Crippen LogP contribution in [0.15, 0.2) is 0 Å². The van der Waals surface area contributed by atoms with E-state index >= 15 is 0 Å². The third-order valence-corrected chi connectivity index (χ3v) is 0.271. The van der Waals surface area contributed by atoms with E-state index in [-0.39, 0.29) is 40.9 Å². The summed E-state index contributed by atoms with van der Waals surface area (Å²) in [7, 11) is 0. The zero-order valence-electron chi connectivity index (χ0n) is 6.97. The number of hydrogen-bond donors (Lipinski definition) is 4. The van der Waals surface area contributed by atoms with Crippen molar-refractivity contribution in [2.45, 2.75) is 0 Å². The number of aliphatic hydroxyl groups is 2. The summed E-state index contributed by atoms with van der Waals surface area (Å²) in [4.78, 5) is 18.2. The van der Waals surface area contributed by atoms with Crippen molar-refractivity contribution in [2.24, 2.45) is 0 Å². The van der Waals surface area contributed by atoms with Gasteiger partial charge in [0.1, 0.15) is 13.2 Å². The van der Waals surface area contributed by atoms with Gasteiger partial charge >= 0.3 is 11.9 Å². The summed E-state index contributed by atoms with van der Waals surface area (Å²) in [5.41, 5.74) is 0. The van der Waals surface area contributed by atoms with Gasteiger partial charge in [0, 0.05) is 24.4 Å². The fourth-order valence-electron chi connectivity index (χ4n) is 0. The number of hydrogen-bond acceptors (Lipinski definition) is 4. The quantitative estimate of drug-likeness (QED) is 0.365. The predicted octanol–water partition coefficient (Wildman–Crippen LogP) is -4.73. The van der Waals surface area contributed by atoms with Gasteiger partial charge in [0.25, 0.3) is 0 Å². The molecule has 3 radical (unpaired) electrons. The van der Waals surface area contributed by atoms with E-state index in [1.54, 1.807) is 0 Å². The third kappa shape index (κ3) is 102. The Kier molecular flexibility index (Phi) is 78.5. The second-order valence-corrected chi connectivity index (χ2v) is 1.10. The van der Waals surface area contributed by atoms with Gasteiger partial charge in [-0.25, -0.2) is 9.59 Å². The molecule has 0 aromatic heterocycles. The van der Waals surface area contributed by atoms with Gasteiger partial charge in [-0.3, -0.25) is 0 Å². The van der Waals surface area contributed by atoms with E-state index in [4.69, 9.17) is 30.0 Å². The summed E-state index contributed by atoms with van der Waals surface area (Å²) in [5, 5.41) is 30.0. The molecule has 10 N–H and O–H groups in total. The maximum atomic E-state index is 9.12. The minimum atomic E-state index is -1.19. The first-order valence-electron chi connectivity index (χ1n) is 2.20. The van der Waals surface area contributed by atoms with Gasteiger partial charge in [-0.15, -0.1) is 0 Å². The van der Waals surface area contributed by atoms with Crippen molar-refractivity contribution in [1.82, 2.24) is 0 Å². The Hall–Kier alpha value is -0.442. The van der Waals surface area contributed by atoms with E-state index in [2.05, 4.69) is 0 Å². The zero-order valence-corrected chi connectivity index (χ0v) is 9.52.